The van der Waals surface area contributed by atoms with Crippen molar-refractivity contribution in [3.8, 4) is 5.75 Å². The summed E-state index contributed by atoms with van der Waals surface area (Å²) in [7, 11) is 1.71. The number of hydrogen-bond donors (Lipinski definition) is 1. The van der Waals surface area contributed by atoms with Gasteiger partial charge in [0.15, 0.2) is 0 Å². The van der Waals surface area contributed by atoms with Crippen LogP contribution in [0.5, 0.6) is 5.75 Å². The summed E-state index contributed by atoms with van der Waals surface area (Å²) < 4.78 is 10.9. The Morgan fingerprint density at radius 1 is 1.38 bits per heavy atom. The van der Waals surface area contributed by atoms with Crippen LogP contribution in [-0.2, 0) is 17.9 Å². The fraction of sp³-hybridized carbons (Fsp3) is 0.647. The van der Waals surface area contributed by atoms with E-state index in [1.807, 2.05) is 13.0 Å². The van der Waals surface area contributed by atoms with Crippen molar-refractivity contribution in [2.75, 3.05) is 33.4 Å². The second kappa shape index (κ2) is 7.25. The molecule has 118 valence electrons. The summed E-state index contributed by atoms with van der Waals surface area (Å²) in [6, 6.07) is 6.39. The van der Waals surface area contributed by atoms with Crippen molar-refractivity contribution in [3.05, 3.63) is 29.3 Å². The lowest BCUT2D eigenvalue weighted by atomic mass is 9.90. The fourth-order valence-electron chi connectivity index (χ4n) is 2.94. The van der Waals surface area contributed by atoms with Gasteiger partial charge in [0.2, 0.25) is 0 Å². The highest BCUT2D eigenvalue weighted by Crippen LogP contribution is 2.30. The molecule has 0 bridgehead atoms. The number of ether oxygens (including phenoxy) is 2. The lowest BCUT2D eigenvalue weighted by Crippen LogP contribution is -2.31. The summed E-state index contributed by atoms with van der Waals surface area (Å²) >= 11 is 0. The van der Waals surface area contributed by atoms with Gasteiger partial charge in [-0.25, -0.2) is 0 Å². The van der Waals surface area contributed by atoms with E-state index in [1.165, 1.54) is 12.0 Å². The minimum Gasteiger partial charge on any atom is -0.496 e. The van der Waals surface area contributed by atoms with E-state index in [-0.39, 0.29) is 5.41 Å². The molecule has 1 aromatic carbocycles. The van der Waals surface area contributed by atoms with Gasteiger partial charge in [0.1, 0.15) is 5.75 Å². The molecular weight excluding hydrogens is 264 g/mol. The predicted octanol–water partition coefficient (Wildman–Crippen LogP) is 2.40. The molecule has 4 nitrogen and oxygen atoms in total. The highest BCUT2D eigenvalue weighted by Gasteiger charge is 2.32. The van der Waals surface area contributed by atoms with Crippen LogP contribution in [0, 0.1) is 5.41 Å². The zero-order valence-corrected chi connectivity index (χ0v) is 13.5. The number of hydrogen-bond acceptors (Lipinski definition) is 4. The minimum atomic E-state index is 0.278. The average molecular weight is 292 g/mol. The van der Waals surface area contributed by atoms with E-state index in [9.17, 15) is 0 Å². The lowest BCUT2D eigenvalue weighted by molar-refractivity contribution is 0.132. The van der Waals surface area contributed by atoms with Gasteiger partial charge in [-0.15, -0.1) is 0 Å². The quantitative estimate of drug-likeness (QED) is 0.838. The Kier molecular flexibility index (Phi) is 5.62. The van der Waals surface area contributed by atoms with Crippen molar-refractivity contribution in [3.63, 3.8) is 0 Å². The zero-order chi connectivity index (χ0) is 15.3. The van der Waals surface area contributed by atoms with Gasteiger partial charge in [0.05, 0.1) is 13.7 Å². The first-order valence-electron chi connectivity index (χ1n) is 7.76. The first-order chi connectivity index (χ1) is 10.1. The lowest BCUT2D eigenvalue weighted by Gasteiger charge is -2.23. The summed E-state index contributed by atoms with van der Waals surface area (Å²) in [6.45, 7) is 9.55. The van der Waals surface area contributed by atoms with E-state index in [0.29, 0.717) is 13.2 Å². The maximum atomic E-state index is 5.88. The van der Waals surface area contributed by atoms with E-state index < -0.39 is 0 Å². The van der Waals surface area contributed by atoms with Crippen LogP contribution >= 0.6 is 0 Å². The van der Waals surface area contributed by atoms with Crippen molar-refractivity contribution >= 4 is 0 Å². The molecular formula is C17H28N2O2. The largest absolute Gasteiger partial charge is 0.496 e. The average Bonchev–Trinajstić information content (AvgIpc) is 2.87. The molecule has 0 amide bonds. The minimum absolute atomic E-state index is 0.278. The summed E-state index contributed by atoms with van der Waals surface area (Å²) in [4.78, 5) is 2.49. The molecule has 2 rings (SSSR count). The normalized spacial score (nSPS) is 22.7. The molecule has 0 saturated carbocycles. The molecule has 1 saturated heterocycles. The topological polar surface area (TPSA) is 47.7 Å². The number of likely N-dealkylation sites (tertiary alicyclic amines) is 1. The maximum Gasteiger partial charge on any atom is 0.124 e. The van der Waals surface area contributed by atoms with Crippen LogP contribution in [0.1, 0.15) is 31.4 Å². The van der Waals surface area contributed by atoms with E-state index in [2.05, 4.69) is 24.0 Å². The molecule has 1 aliphatic rings. The van der Waals surface area contributed by atoms with Gasteiger partial charge in [-0.2, -0.15) is 0 Å². The Morgan fingerprint density at radius 2 is 2.19 bits per heavy atom. The molecule has 21 heavy (non-hydrogen) atoms. The number of methoxy groups -OCH3 is 1. The Morgan fingerprint density at radius 3 is 2.81 bits per heavy atom. The van der Waals surface area contributed by atoms with Crippen LogP contribution in [0.25, 0.3) is 0 Å². The Balaban J connectivity index is 2.03. The van der Waals surface area contributed by atoms with Crippen molar-refractivity contribution in [1.29, 1.82) is 0 Å². The van der Waals surface area contributed by atoms with Gasteiger partial charge in [-0.05, 0) is 49.5 Å². The maximum absolute atomic E-state index is 5.88. The van der Waals surface area contributed by atoms with Crippen LogP contribution in [0.2, 0.25) is 0 Å². The number of benzene rings is 1. The standard InChI is InChI=1S/C17H28N2O2/c1-4-21-11-15-9-14(5-6-16(15)20-3)10-19-8-7-17(2,12-18)13-19/h5-6,9H,4,7-8,10-13,18H2,1-3H3. The first kappa shape index (κ1) is 16.3. The molecule has 2 N–H and O–H groups in total. The van der Waals surface area contributed by atoms with Crippen LogP contribution < -0.4 is 10.5 Å². The fourth-order valence-corrected chi connectivity index (χ4v) is 2.94. The van der Waals surface area contributed by atoms with Crippen molar-refractivity contribution in [2.45, 2.75) is 33.4 Å². The second-order valence-corrected chi connectivity index (χ2v) is 6.26. The van der Waals surface area contributed by atoms with Gasteiger partial charge >= 0.3 is 0 Å². The number of nitrogens with two attached hydrogens (primary N) is 1. The van der Waals surface area contributed by atoms with Crippen LogP contribution in [0.3, 0.4) is 0 Å². The Hall–Kier alpha value is -1.10. The second-order valence-electron chi connectivity index (χ2n) is 6.26. The van der Waals surface area contributed by atoms with Crippen molar-refractivity contribution in [1.82, 2.24) is 4.90 Å². The van der Waals surface area contributed by atoms with Gasteiger partial charge < -0.3 is 15.2 Å². The van der Waals surface area contributed by atoms with E-state index in [4.69, 9.17) is 15.2 Å². The Labute approximate surface area is 128 Å². The summed E-state index contributed by atoms with van der Waals surface area (Å²) in [5.41, 5.74) is 8.59. The van der Waals surface area contributed by atoms with E-state index in [1.54, 1.807) is 7.11 Å². The third kappa shape index (κ3) is 4.19. The Bertz CT molecular complexity index is 464. The molecule has 1 heterocycles. The highest BCUT2D eigenvalue weighted by molar-refractivity contribution is 5.37. The summed E-state index contributed by atoms with van der Waals surface area (Å²) in [5.74, 6) is 0.903. The van der Waals surface area contributed by atoms with Crippen LogP contribution in [-0.4, -0.2) is 38.3 Å². The molecule has 4 heteroatoms. The smallest absolute Gasteiger partial charge is 0.124 e. The third-order valence-corrected chi connectivity index (χ3v) is 4.34. The molecule has 1 aromatic rings. The molecule has 1 atom stereocenters. The monoisotopic (exact) mass is 292 g/mol. The van der Waals surface area contributed by atoms with Crippen LogP contribution in [0.15, 0.2) is 18.2 Å². The number of rotatable bonds is 7. The first-order valence-corrected chi connectivity index (χ1v) is 7.76. The summed E-state index contributed by atoms with van der Waals surface area (Å²) in [5, 5.41) is 0. The van der Waals surface area contributed by atoms with Crippen molar-refractivity contribution in [2.24, 2.45) is 11.1 Å². The van der Waals surface area contributed by atoms with Crippen LogP contribution in [0.4, 0.5) is 0 Å². The highest BCUT2D eigenvalue weighted by atomic mass is 16.5. The number of nitrogens with zero attached hydrogens (tertiary/aromatic N) is 1. The zero-order valence-electron chi connectivity index (χ0n) is 13.5. The van der Waals surface area contributed by atoms with E-state index in [0.717, 1.165) is 37.5 Å². The SMILES string of the molecule is CCOCc1cc(CN2CCC(C)(CN)C2)ccc1OC. The van der Waals surface area contributed by atoms with Gasteiger partial charge in [-0.1, -0.05) is 13.0 Å². The van der Waals surface area contributed by atoms with Gasteiger partial charge in [-0.3, -0.25) is 4.90 Å². The molecule has 0 aromatic heterocycles. The van der Waals surface area contributed by atoms with E-state index >= 15 is 0 Å². The predicted molar refractivity (Wildman–Crippen MR) is 85.4 cm³/mol. The molecule has 0 aliphatic carbocycles. The molecule has 0 radical (unpaired) electrons. The third-order valence-electron chi connectivity index (χ3n) is 4.34. The summed E-state index contributed by atoms with van der Waals surface area (Å²) in [6.07, 6.45) is 1.19. The van der Waals surface area contributed by atoms with Gasteiger partial charge in [0.25, 0.3) is 0 Å². The molecule has 1 aliphatic heterocycles. The molecule has 1 fully saturated rings. The molecule has 1 unspecified atom stereocenters. The molecule has 0 spiro atoms. The van der Waals surface area contributed by atoms with Crippen molar-refractivity contribution < 1.29 is 9.47 Å². The van der Waals surface area contributed by atoms with Gasteiger partial charge in [0, 0.05) is 25.3 Å².